The van der Waals surface area contributed by atoms with Crippen LogP contribution in [0.25, 0.3) is 0 Å². The van der Waals surface area contributed by atoms with Crippen molar-refractivity contribution < 1.29 is 35.2 Å². The van der Waals surface area contributed by atoms with E-state index in [1.807, 2.05) is 0 Å². The lowest BCUT2D eigenvalue weighted by Gasteiger charge is -2.31. The zero-order valence-corrected chi connectivity index (χ0v) is 18.1. The van der Waals surface area contributed by atoms with E-state index >= 15 is 0 Å². The Labute approximate surface area is 169 Å². The number of carboxylic acids is 1. The van der Waals surface area contributed by atoms with Crippen molar-refractivity contribution in [3.8, 4) is 0 Å². The standard InChI is InChI=1S/C16H22N2O8S3/c1-11-2-3-12(16(19)20)8-15(11)29(25,26)18(14-5-7-28(23,24)10-14)17-13-4-6-27(21,22)9-13/h2-3,8,13-14,17H,4-7,9-10H2,1H3,(H,19,20)/t13-,14+/m1/s1. The Balaban J connectivity index is 2.03. The summed E-state index contributed by atoms with van der Waals surface area (Å²) in [5, 5.41) is 9.20. The number of nitrogens with one attached hydrogen (secondary N) is 1. The van der Waals surface area contributed by atoms with Gasteiger partial charge in [0, 0.05) is 6.04 Å². The number of benzene rings is 1. The highest BCUT2D eigenvalue weighted by atomic mass is 32.2. The van der Waals surface area contributed by atoms with E-state index in [1.54, 1.807) is 0 Å². The summed E-state index contributed by atoms with van der Waals surface area (Å²) in [5.74, 6) is -2.22. The molecule has 0 spiro atoms. The molecule has 2 aliphatic heterocycles. The summed E-state index contributed by atoms with van der Waals surface area (Å²) in [4.78, 5) is 11.0. The molecular weight excluding hydrogens is 444 g/mol. The van der Waals surface area contributed by atoms with Crippen molar-refractivity contribution in [2.24, 2.45) is 0 Å². The highest BCUT2D eigenvalue weighted by molar-refractivity contribution is 7.92. The van der Waals surface area contributed by atoms with E-state index in [1.165, 1.54) is 19.1 Å². The van der Waals surface area contributed by atoms with Gasteiger partial charge < -0.3 is 5.11 Å². The van der Waals surface area contributed by atoms with Crippen molar-refractivity contribution in [3.63, 3.8) is 0 Å². The minimum Gasteiger partial charge on any atom is -0.478 e. The maximum absolute atomic E-state index is 13.4. The van der Waals surface area contributed by atoms with E-state index in [2.05, 4.69) is 5.43 Å². The van der Waals surface area contributed by atoms with E-state index < -0.39 is 53.5 Å². The van der Waals surface area contributed by atoms with Gasteiger partial charge in [0.05, 0.1) is 39.5 Å². The lowest BCUT2D eigenvalue weighted by atomic mass is 10.1. The van der Waals surface area contributed by atoms with Crippen LogP contribution in [0.4, 0.5) is 0 Å². The number of rotatable bonds is 6. The maximum Gasteiger partial charge on any atom is 0.335 e. The van der Waals surface area contributed by atoms with Gasteiger partial charge in [-0.3, -0.25) is 0 Å². The van der Waals surface area contributed by atoms with E-state index in [0.29, 0.717) is 5.56 Å². The highest BCUT2D eigenvalue weighted by Crippen LogP contribution is 2.27. The van der Waals surface area contributed by atoms with E-state index in [9.17, 15) is 35.2 Å². The van der Waals surface area contributed by atoms with E-state index in [4.69, 9.17) is 0 Å². The molecule has 0 bridgehead atoms. The summed E-state index contributed by atoms with van der Waals surface area (Å²) in [6.45, 7) is 1.50. The van der Waals surface area contributed by atoms with Crippen molar-refractivity contribution >= 4 is 35.7 Å². The second kappa shape index (κ2) is 7.61. The van der Waals surface area contributed by atoms with Gasteiger partial charge in [-0.05, 0) is 37.5 Å². The van der Waals surface area contributed by atoms with Gasteiger partial charge in [-0.2, -0.15) is 0 Å². The van der Waals surface area contributed by atoms with Crippen LogP contribution >= 0.6 is 0 Å². The van der Waals surface area contributed by atoms with Crippen molar-refractivity contribution in [3.05, 3.63) is 29.3 Å². The maximum atomic E-state index is 13.4. The number of carboxylic acid groups (broad SMARTS) is 1. The first-order valence-electron chi connectivity index (χ1n) is 8.86. The largest absolute Gasteiger partial charge is 0.478 e. The van der Waals surface area contributed by atoms with Crippen LogP contribution in [0.2, 0.25) is 0 Å². The van der Waals surface area contributed by atoms with Gasteiger partial charge in [-0.25, -0.2) is 35.5 Å². The van der Waals surface area contributed by atoms with Gasteiger partial charge in [0.2, 0.25) is 0 Å². The van der Waals surface area contributed by atoms with Crippen LogP contribution in [0.5, 0.6) is 0 Å². The number of hydrazine groups is 1. The normalized spacial score (nSPS) is 26.0. The van der Waals surface area contributed by atoms with E-state index in [0.717, 1.165) is 10.5 Å². The molecule has 0 unspecified atom stereocenters. The molecule has 29 heavy (non-hydrogen) atoms. The molecule has 0 aromatic heterocycles. The van der Waals surface area contributed by atoms with Gasteiger partial charge in [0.25, 0.3) is 10.0 Å². The van der Waals surface area contributed by atoms with Crippen LogP contribution in [-0.4, -0.2) is 75.8 Å². The molecule has 3 rings (SSSR count). The molecule has 0 saturated carbocycles. The molecular formula is C16H22N2O8S3. The fraction of sp³-hybridized carbons (Fsp3) is 0.562. The highest BCUT2D eigenvalue weighted by Gasteiger charge is 2.42. The minimum atomic E-state index is -4.35. The number of aromatic carboxylic acids is 1. The Morgan fingerprint density at radius 2 is 1.72 bits per heavy atom. The third-order valence-electron chi connectivity index (χ3n) is 5.05. The average Bonchev–Trinajstić information content (AvgIpc) is 3.13. The van der Waals surface area contributed by atoms with Gasteiger partial charge in [-0.15, -0.1) is 4.41 Å². The molecule has 162 valence electrons. The summed E-state index contributed by atoms with van der Waals surface area (Å²) >= 11 is 0. The molecule has 2 heterocycles. The summed E-state index contributed by atoms with van der Waals surface area (Å²) < 4.78 is 75.0. The van der Waals surface area contributed by atoms with Gasteiger partial charge >= 0.3 is 5.97 Å². The fourth-order valence-electron chi connectivity index (χ4n) is 3.53. The molecule has 0 amide bonds. The number of sulfone groups is 2. The zero-order valence-electron chi connectivity index (χ0n) is 15.6. The average molecular weight is 467 g/mol. The zero-order chi connectivity index (χ0) is 21.6. The van der Waals surface area contributed by atoms with Gasteiger partial charge in [0.1, 0.15) is 0 Å². The summed E-state index contributed by atoms with van der Waals surface area (Å²) in [6, 6.07) is 2.07. The molecule has 1 aromatic rings. The number of nitrogens with zero attached hydrogens (tertiary/aromatic N) is 1. The fourth-order valence-corrected chi connectivity index (χ4v) is 8.81. The molecule has 2 N–H and O–H groups in total. The third kappa shape index (κ3) is 4.79. The first kappa shape index (κ1) is 22.2. The quantitative estimate of drug-likeness (QED) is 0.531. The lowest BCUT2D eigenvalue weighted by Crippen LogP contribution is -2.54. The minimum absolute atomic E-state index is 0.0612. The Kier molecular flexibility index (Phi) is 5.82. The van der Waals surface area contributed by atoms with Gasteiger partial charge in [-0.1, -0.05) is 6.07 Å². The number of aryl methyl sites for hydroxylation is 1. The van der Waals surface area contributed by atoms with Crippen molar-refractivity contribution in [2.75, 3.05) is 23.0 Å². The third-order valence-corrected chi connectivity index (χ3v) is 10.5. The Morgan fingerprint density at radius 1 is 1.10 bits per heavy atom. The monoisotopic (exact) mass is 466 g/mol. The van der Waals surface area contributed by atoms with Crippen LogP contribution < -0.4 is 5.43 Å². The second-order valence-corrected chi connectivity index (χ2v) is 13.6. The van der Waals surface area contributed by atoms with Crippen molar-refractivity contribution in [1.29, 1.82) is 0 Å². The first-order valence-corrected chi connectivity index (χ1v) is 13.9. The molecule has 2 atom stereocenters. The number of hydrogen-bond donors (Lipinski definition) is 2. The summed E-state index contributed by atoms with van der Waals surface area (Å²) in [5.41, 5.74) is 2.79. The first-order chi connectivity index (χ1) is 13.3. The molecule has 0 radical (unpaired) electrons. The van der Waals surface area contributed by atoms with Crippen molar-refractivity contribution in [2.45, 2.75) is 36.7 Å². The Bertz CT molecular complexity index is 1140. The predicted octanol–water partition coefficient (Wildman–Crippen LogP) is -0.437. The molecule has 0 aliphatic carbocycles. The van der Waals surface area contributed by atoms with E-state index in [-0.39, 0.29) is 40.6 Å². The number of carbonyl (C=O) groups is 1. The van der Waals surface area contributed by atoms with Gasteiger partial charge in [0.15, 0.2) is 19.7 Å². The van der Waals surface area contributed by atoms with Crippen LogP contribution in [-0.2, 0) is 29.7 Å². The molecule has 2 aliphatic rings. The predicted molar refractivity (Wildman–Crippen MR) is 104 cm³/mol. The van der Waals surface area contributed by atoms with Crippen LogP contribution in [0.1, 0.15) is 28.8 Å². The second-order valence-electron chi connectivity index (χ2n) is 7.37. The topological polar surface area (TPSA) is 155 Å². The molecule has 13 heteroatoms. The number of sulfonamides is 1. The molecule has 2 fully saturated rings. The van der Waals surface area contributed by atoms with Crippen LogP contribution in [0.15, 0.2) is 23.1 Å². The molecule has 2 saturated heterocycles. The van der Waals surface area contributed by atoms with Crippen LogP contribution in [0.3, 0.4) is 0 Å². The smallest absolute Gasteiger partial charge is 0.335 e. The molecule has 1 aromatic carbocycles. The van der Waals surface area contributed by atoms with Crippen molar-refractivity contribution in [1.82, 2.24) is 9.84 Å². The molecule has 10 nitrogen and oxygen atoms in total. The Morgan fingerprint density at radius 3 is 2.24 bits per heavy atom. The number of hydrogen-bond acceptors (Lipinski definition) is 8. The lowest BCUT2D eigenvalue weighted by molar-refractivity contribution is 0.0696. The SMILES string of the molecule is Cc1ccc(C(=O)O)cc1S(=O)(=O)N(N[C@@H]1CCS(=O)(=O)C1)[C@H]1CCS(=O)(=O)C1. The van der Waals surface area contributed by atoms with Crippen LogP contribution in [0, 0.1) is 6.92 Å². The Hall–Kier alpha value is -1.54. The summed E-state index contributed by atoms with van der Waals surface area (Å²) in [7, 11) is -11.1. The summed E-state index contributed by atoms with van der Waals surface area (Å²) in [6.07, 6.45) is 0.258.